The molecule has 11 rings (SSSR count). The molecule has 0 saturated heterocycles. The van der Waals surface area contributed by atoms with Gasteiger partial charge in [-0.15, -0.1) is 0 Å². The van der Waals surface area contributed by atoms with E-state index in [1.165, 1.54) is 82.4 Å². The Labute approximate surface area is 360 Å². The Hall–Kier alpha value is -6.57. The molecule has 0 aliphatic heterocycles. The minimum atomic E-state index is 0.433. The van der Waals surface area contributed by atoms with Crippen molar-refractivity contribution in [1.82, 2.24) is 0 Å². The van der Waals surface area contributed by atoms with E-state index < -0.39 is 0 Å². The zero-order valence-electron chi connectivity index (χ0n) is 35.6. The third kappa shape index (κ3) is 6.08. The van der Waals surface area contributed by atoms with Gasteiger partial charge in [0.1, 0.15) is 0 Å². The molecule has 61 heavy (non-hydrogen) atoms. The zero-order chi connectivity index (χ0) is 41.2. The molecule has 0 radical (unpaired) electrons. The molecule has 296 valence electrons. The van der Waals surface area contributed by atoms with Gasteiger partial charge in [0.05, 0.1) is 11.4 Å². The SMILES string of the molecule is C=C(N=C(/C(CC)=C(\C)c1ccccc1)c1cccc2c3ccccc3c3cc(-c4cccc5c4-c4cccc6c4C(CC5C)C4=C6CCC=C4)ccc3c12)C1=CCCC=C1. The van der Waals surface area contributed by atoms with E-state index in [-0.39, 0.29) is 0 Å². The number of benzene rings is 7. The molecule has 2 unspecified atom stereocenters. The quantitative estimate of drug-likeness (QED) is 0.113. The maximum absolute atomic E-state index is 5.56. The molecule has 2 atom stereocenters. The van der Waals surface area contributed by atoms with Crippen LogP contribution in [0, 0.1) is 0 Å². The highest BCUT2D eigenvalue weighted by Crippen LogP contribution is 2.57. The van der Waals surface area contributed by atoms with Crippen LogP contribution in [-0.2, 0) is 0 Å². The Morgan fingerprint density at radius 3 is 2.23 bits per heavy atom. The molecule has 0 amide bonds. The van der Waals surface area contributed by atoms with Crippen molar-refractivity contribution in [3.05, 3.63) is 215 Å². The van der Waals surface area contributed by atoms with E-state index in [0.717, 1.165) is 61.1 Å². The fourth-order valence-electron chi connectivity index (χ4n) is 11.3. The van der Waals surface area contributed by atoms with Crippen molar-refractivity contribution < 1.29 is 0 Å². The molecule has 7 aromatic rings. The largest absolute Gasteiger partial charge is 0.248 e. The van der Waals surface area contributed by atoms with Gasteiger partial charge in [-0.25, -0.2) is 4.99 Å². The van der Waals surface area contributed by atoms with Crippen LogP contribution in [0.15, 0.2) is 192 Å². The van der Waals surface area contributed by atoms with Gasteiger partial charge in [-0.05, 0) is 162 Å². The summed E-state index contributed by atoms with van der Waals surface area (Å²) in [5, 5.41) is 7.53. The first-order valence-electron chi connectivity index (χ1n) is 22.4. The van der Waals surface area contributed by atoms with Crippen LogP contribution in [0.3, 0.4) is 0 Å². The van der Waals surface area contributed by atoms with E-state index in [9.17, 15) is 0 Å². The standard InChI is InChI=1S/C60H51N/c1-5-43(38(3)40-19-8-6-9-20-40)60(61-39(4)41-21-10-7-11-22-41)54-32-18-30-50-46-23-12-14-25-48(46)55-36-42(33-34-52(55)58(50)54)45-28-16-27-44-37(2)35-56-49-26-15-13-24-47(49)51-29-17-31-53(57(44)45)59(51)56/h6,8-10,12,14-23,25-34,36-37,56H,4-5,7,11,13,24,35H2,1-3H3/b43-38+,61-60?. The lowest BCUT2D eigenvalue weighted by Gasteiger charge is -2.21. The number of rotatable bonds is 7. The van der Waals surface area contributed by atoms with Crippen LogP contribution in [0.2, 0.25) is 0 Å². The second kappa shape index (κ2) is 15.2. The number of hydrogen-bond donors (Lipinski definition) is 0. The molecule has 1 heteroatoms. The molecule has 0 N–H and O–H groups in total. The number of hydrogen-bond acceptors (Lipinski definition) is 1. The Morgan fingerprint density at radius 2 is 1.41 bits per heavy atom. The molecule has 0 saturated carbocycles. The van der Waals surface area contributed by atoms with Gasteiger partial charge in [-0.2, -0.15) is 0 Å². The Balaban J connectivity index is 1.16. The highest BCUT2D eigenvalue weighted by Gasteiger charge is 2.37. The van der Waals surface area contributed by atoms with E-state index in [1.807, 2.05) is 0 Å². The average molecular weight is 786 g/mol. The molecule has 7 aromatic carbocycles. The Kier molecular flexibility index (Phi) is 9.30. The van der Waals surface area contributed by atoms with Crippen LogP contribution < -0.4 is 0 Å². The first-order chi connectivity index (χ1) is 30.0. The Morgan fingerprint density at radius 1 is 0.689 bits per heavy atom. The molecule has 0 fully saturated rings. The maximum atomic E-state index is 5.56. The summed E-state index contributed by atoms with van der Waals surface area (Å²) in [5.74, 6) is 0.880. The third-order valence-corrected chi connectivity index (χ3v) is 14.1. The minimum absolute atomic E-state index is 0.433. The van der Waals surface area contributed by atoms with Gasteiger partial charge in [0, 0.05) is 11.5 Å². The lowest BCUT2D eigenvalue weighted by Crippen LogP contribution is -2.09. The van der Waals surface area contributed by atoms with Crippen LogP contribution in [0.5, 0.6) is 0 Å². The highest BCUT2D eigenvalue weighted by atomic mass is 14.8. The predicted octanol–water partition coefficient (Wildman–Crippen LogP) is 16.7. The smallest absolute Gasteiger partial charge is 0.0750 e. The summed E-state index contributed by atoms with van der Waals surface area (Å²) in [5.41, 5.74) is 20.8. The summed E-state index contributed by atoms with van der Waals surface area (Å²) >= 11 is 0. The number of aliphatic imine (C=N–C) groups is 1. The van der Waals surface area contributed by atoms with Crippen molar-refractivity contribution in [3.8, 4) is 22.3 Å². The van der Waals surface area contributed by atoms with E-state index in [0.29, 0.717) is 11.8 Å². The summed E-state index contributed by atoms with van der Waals surface area (Å²) in [6.45, 7) is 11.6. The van der Waals surface area contributed by atoms with Gasteiger partial charge < -0.3 is 0 Å². The molecular weight excluding hydrogens is 735 g/mol. The summed E-state index contributed by atoms with van der Waals surface area (Å²) in [7, 11) is 0. The van der Waals surface area contributed by atoms with Crippen molar-refractivity contribution in [3.63, 3.8) is 0 Å². The molecule has 0 heterocycles. The summed E-state index contributed by atoms with van der Waals surface area (Å²) in [6.07, 6.45) is 17.9. The summed E-state index contributed by atoms with van der Waals surface area (Å²) in [6, 6.07) is 48.1. The van der Waals surface area contributed by atoms with Crippen LogP contribution in [-0.4, -0.2) is 5.71 Å². The second-order valence-corrected chi connectivity index (χ2v) is 17.5. The highest BCUT2D eigenvalue weighted by molar-refractivity contribution is 6.33. The molecule has 4 aliphatic carbocycles. The van der Waals surface area contributed by atoms with Crippen LogP contribution in [0.4, 0.5) is 0 Å². The minimum Gasteiger partial charge on any atom is -0.248 e. The van der Waals surface area contributed by atoms with Crippen molar-refractivity contribution in [2.45, 2.75) is 71.1 Å². The van der Waals surface area contributed by atoms with Crippen LogP contribution in [0.25, 0.3) is 65.7 Å². The molecule has 0 bridgehead atoms. The van der Waals surface area contributed by atoms with E-state index in [1.54, 1.807) is 16.7 Å². The summed E-state index contributed by atoms with van der Waals surface area (Å²) < 4.78 is 0. The van der Waals surface area contributed by atoms with E-state index >= 15 is 0 Å². The topological polar surface area (TPSA) is 12.4 Å². The monoisotopic (exact) mass is 785 g/mol. The summed E-state index contributed by atoms with van der Waals surface area (Å²) in [4.78, 5) is 5.56. The van der Waals surface area contributed by atoms with Crippen LogP contribution >= 0.6 is 0 Å². The van der Waals surface area contributed by atoms with E-state index in [2.05, 4.69) is 185 Å². The van der Waals surface area contributed by atoms with Gasteiger partial charge in [0.25, 0.3) is 0 Å². The second-order valence-electron chi connectivity index (χ2n) is 17.5. The normalized spacial score (nSPS) is 18.5. The first-order valence-corrected chi connectivity index (χ1v) is 22.4. The van der Waals surface area contributed by atoms with Gasteiger partial charge in [0.2, 0.25) is 0 Å². The molecule has 1 nitrogen and oxygen atoms in total. The van der Waals surface area contributed by atoms with Crippen molar-refractivity contribution in [2.75, 3.05) is 0 Å². The lowest BCUT2D eigenvalue weighted by atomic mass is 9.83. The fraction of sp³-hybridized carbons (Fsp3) is 0.183. The van der Waals surface area contributed by atoms with Gasteiger partial charge in [0.15, 0.2) is 0 Å². The number of allylic oxidation sites excluding steroid dienone is 9. The van der Waals surface area contributed by atoms with Crippen molar-refractivity contribution in [1.29, 1.82) is 0 Å². The number of fused-ring (bicyclic) bond motifs is 10. The maximum Gasteiger partial charge on any atom is 0.0750 e. The predicted molar refractivity (Wildman–Crippen MR) is 262 cm³/mol. The lowest BCUT2D eigenvalue weighted by molar-refractivity contribution is 0.630. The fourth-order valence-corrected chi connectivity index (χ4v) is 11.3. The van der Waals surface area contributed by atoms with Gasteiger partial charge in [-0.1, -0.05) is 172 Å². The third-order valence-electron chi connectivity index (χ3n) is 14.1. The zero-order valence-corrected chi connectivity index (χ0v) is 35.6. The molecule has 0 spiro atoms. The van der Waals surface area contributed by atoms with Crippen molar-refractivity contribution in [2.24, 2.45) is 4.99 Å². The van der Waals surface area contributed by atoms with Gasteiger partial charge in [-0.3, -0.25) is 0 Å². The van der Waals surface area contributed by atoms with E-state index in [4.69, 9.17) is 4.99 Å². The first kappa shape index (κ1) is 37.4. The molecule has 4 aliphatic rings. The van der Waals surface area contributed by atoms with Gasteiger partial charge >= 0.3 is 0 Å². The molecule has 0 aromatic heterocycles. The number of nitrogens with zero attached hydrogens (tertiary/aromatic N) is 1. The molecular formula is C60H51N. The Bertz CT molecular complexity index is 3170. The van der Waals surface area contributed by atoms with Crippen molar-refractivity contribution >= 4 is 49.2 Å². The average Bonchev–Trinajstić information content (AvgIpc) is 3.57. The van der Waals surface area contributed by atoms with Crippen LogP contribution in [0.1, 0.15) is 98.9 Å².